The molecular weight excluding hydrogens is 699 g/mol. The Hall–Kier alpha value is -7.01. The van der Waals surface area contributed by atoms with Crippen molar-refractivity contribution in [1.29, 1.82) is 0 Å². The molecule has 7 aromatic carbocycles. The summed E-state index contributed by atoms with van der Waals surface area (Å²) in [6, 6.07) is 64.1. The first kappa shape index (κ1) is 31.4. The lowest BCUT2D eigenvalue weighted by molar-refractivity contribution is 0.776. The molecule has 1 spiro atoms. The summed E-state index contributed by atoms with van der Waals surface area (Å²) < 4.78 is 2.65. The van der Waals surface area contributed by atoms with Crippen LogP contribution in [0.15, 0.2) is 188 Å². The van der Waals surface area contributed by atoms with E-state index in [1.165, 1.54) is 75.8 Å². The summed E-state index contributed by atoms with van der Waals surface area (Å²) in [5.41, 5.74) is 16.7. The lowest BCUT2D eigenvalue weighted by atomic mass is 9.65. The molecule has 10 aromatic rings. The Labute approximate surface area is 328 Å². The average Bonchev–Trinajstić information content (AvgIpc) is 3.77. The van der Waals surface area contributed by atoms with E-state index in [4.69, 9.17) is 9.97 Å². The molecule has 1 atom stereocenters. The Kier molecular flexibility index (Phi) is 6.72. The van der Waals surface area contributed by atoms with E-state index in [2.05, 4.69) is 169 Å². The van der Waals surface area contributed by atoms with Gasteiger partial charge in [-0.05, 0) is 80.4 Å². The number of aromatic nitrogens is 3. The molecule has 2 aliphatic carbocycles. The van der Waals surface area contributed by atoms with E-state index in [1.807, 2.05) is 29.7 Å². The third-order valence-corrected chi connectivity index (χ3v) is 13.0. The lowest BCUT2D eigenvalue weighted by Gasteiger charge is -2.35. The fourth-order valence-corrected chi connectivity index (χ4v) is 10.8. The van der Waals surface area contributed by atoms with E-state index in [1.54, 1.807) is 6.20 Å². The molecule has 56 heavy (non-hydrogen) atoms. The maximum Gasteiger partial charge on any atom is 0.160 e. The van der Waals surface area contributed by atoms with E-state index < -0.39 is 5.41 Å². The Morgan fingerprint density at radius 1 is 0.411 bits per heavy atom. The van der Waals surface area contributed by atoms with E-state index in [0.29, 0.717) is 5.82 Å². The Morgan fingerprint density at radius 3 is 1.84 bits per heavy atom. The molecule has 260 valence electrons. The summed E-state index contributed by atoms with van der Waals surface area (Å²) >= 11 is 1.91. The van der Waals surface area contributed by atoms with E-state index in [9.17, 15) is 0 Å². The quantitative estimate of drug-likeness (QED) is 0.182. The molecule has 0 bridgehead atoms. The SMILES string of the molecule is c1ccc(-c2cc(-c3cccnc3)nc(-c3ccc4c(c3)C3(c5ccccc5-c5ccccc5-4)c4ccccc4-c4c3ccc3c4sc4ccccc43)n2)cc1. The topological polar surface area (TPSA) is 38.7 Å². The number of rotatable bonds is 3. The molecule has 0 radical (unpaired) electrons. The van der Waals surface area contributed by atoms with Crippen LogP contribution in [0.25, 0.3) is 87.5 Å². The number of nitrogens with zero attached hydrogens (tertiary/aromatic N) is 3. The molecule has 0 fully saturated rings. The van der Waals surface area contributed by atoms with Crippen LogP contribution in [0.5, 0.6) is 0 Å². The van der Waals surface area contributed by atoms with Gasteiger partial charge in [0.2, 0.25) is 0 Å². The van der Waals surface area contributed by atoms with Crippen molar-refractivity contribution in [2.75, 3.05) is 0 Å². The highest BCUT2D eigenvalue weighted by Gasteiger charge is 2.50. The number of hydrogen-bond acceptors (Lipinski definition) is 4. The number of benzene rings is 7. The maximum absolute atomic E-state index is 5.30. The summed E-state index contributed by atoms with van der Waals surface area (Å²) in [5, 5.41) is 2.62. The van der Waals surface area contributed by atoms with Crippen LogP contribution in [0.1, 0.15) is 22.3 Å². The first-order valence-corrected chi connectivity index (χ1v) is 19.8. The summed E-state index contributed by atoms with van der Waals surface area (Å²) in [4.78, 5) is 15.0. The predicted molar refractivity (Wildman–Crippen MR) is 231 cm³/mol. The molecule has 12 rings (SSSR count). The van der Waals surface area contributed by atoms with Gasteiger partial charge < -0.3 is 0 Å². The zero-order valence-corrected chi connectivity index (χ0v) is 31.0. The van der Waals surface area contributed by atoms with Gasteiger partial charge in [-0.1, -0.05) is 146 Å². The summed E-state index contributed by atoms with van der Waals surface area (Å²) in [6.07, 6.45) is 3.68. The molecular formula is C52H31N3S. The largest absolute Gasteiger partial charge is 0.264 e. The van der Waals surface area contributed by atoms with Crippen molar-refractivity contribution in [3.05, 3.63) is 211 Å². The van der Waals surface area contributed by atoms with Crippen molar-refractivity contribution >= 4 is 31.5 Å². The lowest BCUT2D eigenvalue weighted by Crippen LogP contribution is -2.29. The van der Waals surface area contributed by atoms with Crippen LogP contribution < -0.4 is 0 Å². The third kappa shape index (κ3) is 4.36. The number of thiophene rings is 1. The molecule has 0 N–H and O–H groups in total. The van der Waals surface area contributed by atoms with Crippen LogP contribution in [0.2, 0.25) is 0 Å². The van der Waals surface area contributed by atoms with Crippen molar-refractivity contribution in [3.8, 4) is 67.3 Å². The monoisotopic (exact) mass is 729 g/mol. The van der Waals surface area contributed by atoms with Crippen molar-refractivity contribution in [1.82, 2.24) is 15.0 Å². The molecule has 0 saturated carbocycles. The van der Waals surface area contributed by atoms with Crippen LogP contribution in [0, 0.1) is 0 Å². The Bertz CT molecular complexity index is 3140. The first-order valence-electron chi connectivity index (χ1n) is 19.0. The summed E-state index contributed by atoms with van der Waals surface area (Å²) in [5.74, 6) is 0.681. The van der Waals surface area contributed by atoms with Gasteiger partial charge in [0, 0.05) is 54.8 Å². The zero-order valence-electron chi connectivity index (χ0n) is 30.1. The normalized spacial score (nSPS) is 14.9. The molecule has 3 nitrogen and oxygen atoms in total. The minimum Gasteiger partial charge on any atom is -0.264 e. The van der Waals surface area contributed by atoms with Crippen LogP contribution in [0.3, 0.4) is 0 Å². The fourth-order valence-electron chi connectivity index (χ4n) is 9.49. The molecule has 1 unspecified atom stereocenters. The highest BCUT2D eigenvalue weighted by atomic mass is 32.1. The Balaban J connectivity index is 1.22. The minimum absolute atomic E-state index is 0.625. The van der Waals surface area contributed by atoms with Gasteiger partial charge in [0.1, 0.15) is 0 Å². The highest BCUT2D eigenvalue weighted by Crippen LogP contribution is 2.63. The summed E-state index contributed by atoms with van der Waals surface area (Å²) in [6.45, 7) is 0. The van der Waals surface area contributed by atoms with Gasteiger partial charge >= 0.3 is 0 Å². The highest BCUT2D eigenvalue weighted by molar-refractivity contribution is 7.26. The first-order chi connectivity index (χ1) is 27.8. The molecule has 0 saturated heterocycles. The van der Waals surface area contributed by atoms with Gasteiger partial charge in [-0.3, -0.25) is 4.98 Å². The number of hydrogen-bond donors (Lipinski definition) is 0. The average molecular weight is 730 g/mol. The fraction of sp³-hybridized carbons (Fsp3) is 0.0192. The van der Waals surface area contributed by atoms with Crippen LogP contribution in [-0.4, -0.2) is 15.0 Å². The molecule has 4 heteroatoms. The van der Waals surface area contributed by atoms with Gasteiger partial charge in [-0.15, -0.1) is 11.3 Å². The van der Waals surface area contributed by atoms with Gasteiger partial charge in [-0.25, -0.2) is 9.97 Å². The molecule has 0 amide bonds. The van der Waals surface area contributed by atoms with Crippen molar-refractivity contribution in [2.45, 2.75) is 5.41 Å². The predicted octanol–water partition coefficient (Wildman–Crippen LogP) is 13.3. The standard InChI is InChI=1S/C52H31N3S/c1-2-13-32(14-3-1)46-30-47(34-15-12-28-53-31-34)55-51(54-46)33-24-25-38-36-17-5-4-16-35(36)37-18-6-9-21-42(37)52(45(38)29-33)43-22-10-7-20-41(43)49-44(52)27-26-40-39-19-8-11-23-48(39)56-50(40)49/h1-31H. The van der Waals surface area contributed by atoms with E-state index in [-0.39, 0.29) is 0 Å². The van der Waals surface area contributed by atoms with Gasteiger partial charge in [0.05, 0.1) is 16.8 Å². The number of pyridine rings is 1. The van der Waals surface area contributed by atoms with Crippen LogP contribution in [0.4, 0.5) is 0 Å². The number of fused-ring (bicyclic) bond motifs is 16. The van der Waals surface area contributed by atoms with Crippen molar-refractivity contribution in [2.24, 2.45) is 0 Å². The van der Waals surface area contributed by atoms with Gasteiger partial charge in [-0.2, -0.15) is 0 Å². The molecule has 0 aliphatic heterocycles. The second-order valence-electron chi connectivity index (χ2n) is 14.7. The van der Waals surface area contributed by atoms with Crippen molar-refractivity contribution < 1.29 is 0 Å². The third-order valence-electron chi connectivity index (χ3n) is 11.8. The van der Waals surface area contributed by atoms with Gasteiger partial charge in [0.15, 0.2) is 5.82 Å². The smallest absolute Gasteiger partial charge is 0.160 e. The molecule has 3 aromatic heterocycles. The maximum atomic E-state index is 5.30. The summed E-state index contributed by atoms with van der Waals surface area (Å²) in [7, 11) is 0. The molecule has 2 aliphatic rings. The minimum atomic E-state index is -0.625. The Morgan fingerprint density at radius 2 is 1.05 bits per heavy atom. The second-order valence-corrected chi connectivity index (χ2v) is 15.7. The van der Waals surface area contributed by atoms with Crippen molar-refractivity contribution in [3.63, 3.8) is 0 Å². The zero-order chi connectivity index (χ0) is 36.8. The van der Waals surface area contributed by atoms with Crippen LogP contribution in [-0.2, 0) is 5.41 Å². The second kappa shape index (κ2) is 12.0. The van der Waals surface area contributed by atoms with Crippen LogP contribution >= 0.6 is 11.3 Å². The van der Waals surface area contributed by atoms with E-state index >= 15 is 0 Å². The molecule has 3 heterocycles. The van der Waals surface area contributed by atoms with Gasteiger partial charge in [0.25, 0.3) is 0 Å². The van der Waals surface area contributed by atoms with E-state index in [0.717, 1.165) is 28.1 Å².